The molecule has 0 aromatic carbocycles. The number of pyridine rings is 1. The Bertz CT molecular complexity index is 1220. The topological polar surface area (TPSA) is 146 Å². The van der Waals surface area contributed by atoms with Crippen LogP contribution in [0.2, 0.25) is 0 Å². The molecule has 2 aromatic rings. The third-order valence-electron chi connectivity index (χ3n) is 7.09. The normalized spacial score (nSPS) is 17.9. The first kappa shape index (κ1) is 36.5. The molecule has 246 valence electrons. The van der Waals surface area contributed by atoms with Crippen LogP contribution in [0.1, 0.15) is 53.6 Å². The predicted octanol–water partition coefficient (Wildman–Crippen LogP) is 4.35. The summed E-state index contributed by atoms with van der Waals surface area (Å²) in [6, 6.07) is 3.98. The van der Waals surface area contributed by atoms with Crippen LogP contribution >= 0.6 is 0 Å². The number of hydrogen-bond acceptors (Lipinski definition) is 8. The fourth-order valence-corrected chi connectivity index (χ4v) is 4.80. The number of aliphatic carboxylic acids is 2. The first-order chi connectivity index (χ1) is 20.4. The van der Waals surface area contributed by atoms with Crippen LogP contribution in [0.5, 0.6) is 0 Å². The monoisotopic (exact) mass is 640 g/mol. The highest BCUT2D eigenvalue weighted by Gasteiger charge is 2.51. The van der Waals surface area contributed by atoms with Gasteiger partial charge in [0.15, 0.2) is 0 Å². The highest BCUT2D eigenvalue weighted by atomic mass is 19.4. The molecule has 0 bridgehead atoms. The van der Waals surface area contributed by atoms with Crippen molar-refractivity contribution >= 4 is 17.8 Å². The summed E-state index contributed by atoms with van der Waals surface area (Å²) >= 11 is 0. The lowest BCUT2D eigenvalue weighted by atomic mass is 9.75. The fourth-order valence-electron chi connectivity index (χ4n) is 4.80. The van der Waals surface area contributed by atoms with E-state index in [1.165, 1.54) is 0 Å². The van der Waals surface area contributed by atoms with Crippen LogP contribution in [0, 0.1) is 12.8 Å². The molecule has 0 radical (unpaired) electrons. The van der Waals surface area contributed by atoms with E-state index in [4.69, 9.17) is 29.1 Å². The van der Waals surface area contributed by atoms with Gasteiger partial charge in [-0.3, -0.25) is 14.7 Å². The van der Waals surface area contributed by atoms with Crippen molar-refractivity contribution < 1.29 is 60.2 Å². The van der Waals surface area contributed by atoms with Crippen molar-refractivity contribution in [2.45, 2.75) is 64.0 Å². The smallest absolute Gasteiger partial charge is 0.475 e. The van der Waals surface area contributed by atoms with E-state index < -0.39 is 24.3 Å². The number of rotatable bonds is 7. The molecule has 2 aliphatic heterocycles. The van der Waals surface area contributed by atoms with Gasteiger partial charge in [0.05, 0.1) is 17.8 Å². The second-order valence-corrected chi connectivity index (χ2v) is 10.5. The molecule has 2 aromatic heterocycles. The van der Waals surface area contributed by atoms with Gasteiger partial charge in [0.1, 0.15) is 11.3 Å². The zero-order chi connectivity index (χ0) is 33.3. The number of carboxylic acid groups (broad SMARTS) is 2. The van der Waals surface area contributed by atoms with Gasteiger partial charge in [0.2, 0.25) is 0 Å². The molecule has 1 amide bonds. The lowest BCUT2D eigenvalue weighted by Crippen LogP contribution is -2.72. The molecular formula is C27H34F6N4O7. The molecule has 0 saturated carbocycles. The van der Waals surface area contributed by atoms with Gasteiger partial charge in [0.25, 0.3) is 5.91 Å². The number of alkyl halides is 6. The Morgan fingerprint density at radius 3 is 2.11 bits per heavy atom. The van der Waals surface area contributed by atoms with Crippen LogP contribution in [0.3, 0.4) is 0 Å². The SMILES string of the molecule is CCCc1onc(C)c1C(=O)N1CC2(CC(COCc3ccncc3)CCN2C)C1.O=C(O)C(F)(F)F.O=C(O)C(F)(F)F. The number of halogens is 6. The van der Waals surface area contributed by atoms with Crippen molar-refractivity contribution in [2.75, 3.05) is 33.3 Å². The first-order valence-electron chi connectivity index (χ1n) is 13.4. The molecule has 44 heavy (non-hydrogen) atoms. The quantitative estimate of drug-likeness (QED) is 0.419. The number of amides is 1. The van der Waals surface area contributed by atoms with Crippen LogP contribution in [-0.4, -0.2) is 99.2 Å². The van der Waals surface area contributed by atoms with E-state index in [-0.39, 0.29) is 11.4 Å². The zero-order valence-corrected chi connectivity index (χ0v) is 24.2. The van der Waals surface area contributed by atoms with Gasteiger partial charge in [-0.25, -0.2) is 9.59 Å². The van der Waals surface area contributed by atoms with E-state index in [1.807, 2.05) is 24.0 Å². The van der Waals surface area contributed by atoms with E-state index in [0.29, 0.717) is 23.8 Å². The van der Waals surface area contributed by atoms with Crippen molar-refractivity contribution in [2.24, 2.45) is 5.92 Å². The highest BCUT2D eigenvalue weighted by Crippen LogP contribution is 2.39. The summed E-state index contributed by atoms with van der Waals surface area (Å²) in [6.45, 7) is 7.89. The predicted molar refractivity (Wildman–Crippen MR) is 140 cm³/mol. The molecule has 1 unspecified atom stereocenters. The largest absolute Gasteiger partial charge is 0.490 e. The molecule has 17 heteroatoms. The molecule has 0 aliphatic carbocycles. The third kappa shape index (κ3) is 10.2. The standard InChI is InChI=1S/C23H32N4O3.2C2HF3O2/c1-4-5-20-21(17(2)25-30-20)22(28)27-15-23(16-27)12-19(8-11-26(23)3)14-29-13-18-6-9-24-10-7-18;2*3-2(4,5)1(6)7/h6-7,9-10,19H,4-5,8,11-16H2,1-3H3;2*(H,6,7). The van der Waals surface area contributed by atoms with Gasteiger partial charge in [-0.1, -0.05) is 12.1 Å². The van der Waals surface area contributed by atoms with E-state index in [2.05, 4.69) is 29.0 Å². The zero-order valence-electron chi connectivity index (χ0n) is 24.2. The van der Waals surface area contributed by atoms with E-state index in [0.717, 1.165) is 63.2 Å². The Kier molecular flexibility index (Phi) is 12.7. The maximum Gasteiger partial charge on any atom is 0.490 e. The van der Waals surface area contributed by atoms with Crippen LogP contribution in [0.25, 0.3) is 0 Å². The molecule has 2 saturated heterocycles. The van der Waals surface area contributed by atoms with Gasteiger partial charge in [-0.05, 0) is 63.4 Å². The van der Waals surface area contributed by atoms with Gasteiger partial charge in [-0.15, -0.1) is 0 Å². The number of hydrogen-bond donors (Lipinski definition) is 2. The fraction of sp³-hybridized carbons (Fsp3) is 0.593. The summed E-state index contributed by atoms with van der Waals surface area (Å²) in [4.78, 5) is 39.4. The molecule has 1 spiro atoms. The number of likely N-dealkylation sites (N-methyl/N-ethyl adjacent to an activating group) is 1. The minimum absolute atomic E-state index is 0.0623. The summed E-state index contributed by atoms with van der Waals surface area (Å²) in [5.74, 6) is -4.21. The van der Waals surface area contributed by atoms with Gasteiger partial charge >= 0.3 is 24.3 Å². The maximum absolute atomic E-state index is 13.1. The second kappa shape index (κ2) is 15.3. The van der Waals surface area contributed by atoms with E-state index in [1.54, 1.807) is 12.4 Å². The summed E-state index contributed by atoms with van der Waals surface area (Å²) in [6.07, 6.45) is -2.69. The van der Waals surface area contributed by atoms with Crippen LogP contribution < -0.4 is 0 Å². The highest BCUT2D eigenvalue weighted by molar-refractivity contribution is 5.97. The molecule has 2 N–H and O–H groups in total. The second-order valence-electron chi connectivity index (χ2n) is 10.5. The lowest BCUT2D eigenvalue weighted by Gasteiger charge is -2.58. The molecule has 2 fully saturated rings. The molecule has 4 heterocycles. The van der Waals surface area contributed by atoms with Crippen molar-refractivity contribution in [3.05, 3.63) is 47.1 Å². The summed E-state index contributed by atoms with van der Waals surface area (Å²) in [5.41, 5.74) is 2.58. The summed E-state index contributed by atoms with van der Waals surface area (Å²) in [7, 11) is 2.18. The summed E-state index contributed by atoms with van der Waals surface area (Å²) < 4.78 is 74.9. The molecule has 2 aliphatic rings. The summed E-state index contributed by atoms with van der Waals surface area (Å²) in [5, 5.41) is 18.3. The van der Waals surface area contributed by atoms with Crippen LogP contribution in [0.4, 0.5) is 26.3 Å². The number of piperidine rings is 1. The number of likely N-dealkylation sites (tertiary alicyclic amines) is 2. The van der Waals surface area contributed by atoms with Crippen LogP contribution in [0.15, 0.2) is 29.0 Å². The number of carbonyl (C=O) groups excluding carboxylic acids is 1. The Labute approximate surface area is 248 Å². The number of nitrogens with zero attached hydrogens (tertiary/aromatic N) is 4. The van der Waals surface area contributed by atoms with Crippen LogP contribution in [-0.2, 0) is 27.4 Å². The first-order valence-corrected chi connectivity index (χ1v) is 13.4. The van der Waals surface area contributed by atoms with Crippen molar-refractivity contribution in [3.8, 4) is 0 Å². The Morgan fingerprint density at radius 1 is 1.07 bits per heavy atom. The number of ether oxygens (including phenoxy) is 1. The molecule has 11 nitrogen and oxygen atoms in total. The Morgan fingerprint density at radius 2 is 1.61 bits per heavy atom. The van der Waals surface area contributed by atoms with Gasteiger partial charge in [0, 0.05) is 38.5 Å². The molecule has 1 atom stereocenters. The minimum Gasteiger partial charge on any atom is -0.475 e. The number of aromatic nitrogens is 2. The van der Waals surface area contributed by atoms with Gasteiger partial charge in [-0.2, -0.15) is 26.3 Å². The average molecular weight is 641 g/mol. The number of carboxylic acids is 2. The van der Waals surface area contributed by atoms with Crippen molar-refractivity contribution in [1.29, 1.82) is 0 Å². The Balaban J connectivity index is 0.000000402. The third-order valence-corrected chi connectivity index (χ3v) is 7.09. The van der Waals surface area contributed by atoms with Crippen molar-refractivity contribution in [3.63, 3.8) is 0 Å². The molecular weight excluding hydrogens is 606 g/mol. The van der Waals surface area contributed by atoms with Gasteiger partial charge < -0.3 is 24.4 Å². The minimum atomic E-state index is -5.08. The number of aryl methyl sites for hydroxylation is 2. The Hall–Kier alpha value is -3.73. The average Bonchev–Trinajstić information content (AvgIpc) is 3.28. The van der Waals surface area contributed by atoms with Crippen molar-refractivity contribution in [1.82, 2.24) is 19.9 Å². The lowest BCUT2D eigenvalue weighted by molar-refractivity contribution is -0.193. The van der Waals surface area contributed by atoms with E-state index >= 15 is 0 Å². The number of carbonyl (C=O) groups is 3. The maximum atomic E-state index is 13.1. The van der Waals surface area contributed by atoms with E-state index in [9.17, 15) is 31.1 Å². The molecule has 4 rings (SSSR count).